The predicted octanol–water partition coefficient (Wildman–Crippen LogP) is 27.0. The summed E-state index contributed by atoms with van der Waals surface area (Å²) in [5.41, 5.74) is 21.9. The maximum absolute atomic E-state index is 14.0. The van der Waals surface area contributed by atoms with Crippen LogP contribution in [0.4, 0.5) is 0 Å². The molecule has 0 N–H and O–H groups in total. The van der Waals surface area contributed by atoms with Gasteiger partial charge in [0.05, 0.1) is 27.6 Å². The number of oxime groups is 4. The van der Waals surface area contributed by atoms with E-state index in [4.69, 9.17) is 19.4 Å². The van der Waals surface area contributed by atoms with E-state index < -0.39 is 23.9 Å². The number of thiophene rings is 1. The molecule has 0 amide bonds. The van der Waals surface area contributed by atoms with Crippen LogP contribution < -0.4 is 0 Å². The Morgan fingerprint density at radius 2 is 0.629 bits per heavy atom. The third-order valence-corrected chi connectivity index (χ3v) is 27.6. The average molecular weight is 1880 g/mol. The summed E-state index contributed by atoms with van der Waals surface area (Å²) < 4.78 is 8.93. The van der Waals surface area contributed by atoms with Crippen LogP contribution in [0.2, 0.25) is 0 Å². The third-order valence-electron chi connectivity index (χ3n) is 26.8. The molecule has 2 aliphatic carbocycles. The van der Waals surface area contributed by atoms with Crippen LogP contribution in [0.15, 0.2) is 287 Å². The molecule has 17 aromatic rings. The molecule has 0 aliphatic heterocycles. The molecule has 0 spiro atoms. The lowest BCUT2D eigenvalue weighted by Crippen LogP contribution is -2.19. The van der Waals surface area contributed by atoms with Gasteiger partial charge in [0.1, 0.15) is 5.71 Å². The summed E-state index contributed by atoms with van der Waals surface area (Å²) in [6.07, 6.45) is 11.7. The molecule has 21 nitrogen and oxygen atoms in total. The standard InChI is InChI=1S/C37H34N2O4.C32H34N2O3.C26H24N2O3.C23H20N2O3S/c1-3-39-33-19-17-27(35(40)29-16-10-7-11-24(29)2)22-30(33)31-23-28(18-20-34(31)39)36(41)32(21-25-12-8-9-13-25)38-43-37(42)26-14-5-4-6-15-26;1-4-34-30-17-14-24(29(33-37-22(3)35)16-13-23-10-6-7-11-23)19-27(30)28-20-25(15-18-31(28)34)32(36)26-12-8-5-9-21(26)2;1-5-28-24-12-10-19(17(3)27-31-18(4)29)14-22(24)23-15-20(11-13-25(23)28)26(30)21-9-7-6-8-16(21)2;1-4-25-20-9-7-16(14(2)24-28-15(3)26)12-18(20)19-13-17(8-10-21(19)25)23(27)22-6-5-11-29-22/h4-7,10-11,14-20,22-23,25H,3,8-9,12-13,21H2,1-2H3;5,8-9,12,14-15,17-20,23H,4,6-7,10-11,13,16H2,1-3H3;6-15H,5H2,1-4H3;5-13H,4H2,1-3H3/b38-32-;33-29-;27-17-;24-14-. The van der Waals surface area contributed by atoms with Gasteiger partial charge in [-0.2, -0.15) is 0 Å². The minimum absolute atomic E-state index is 0.0150. The van der Waals surface area contributed by atoms with Crippen LogP contribution in [0.3, 0.4) is 0 Å². The van der Waals surface area contributed by atoms with Gasteiger partial charge in [-0.15, -0.1) is 11.3 Å². The number of benzene rings is 12. The Hall–Kier alpha value is -15.6. The van der Waals surface area contributed by atoms with Crippen molar-refractivity contribution >= 4 is 174 Å². The topological polar surface area (TPSA) is 260 Å². The minimum Gasteiger partial charge on any atom is -0.341 e. The molecular formula is C118H112N8O13S. The molecule has 19 rings (SSSR count). The maximum Gasteiger partial charge on any atom is 0.365 e. The van der Waals surface area contributed by atoms with Crippen molar-refractivity contribution < 1.29 is 62.5 Å². The highest BCUT2D eigenvalue weighted by Gasteiger charge is 2.28. The number of nitrogens with zero attached hydrogens (tertiary/aromatic N) is 8. The number of hydrogen-bond acceptors (Lipinski definition) is 18. The molecule has 5 heterocycles. The number of carbonyl (C=O) groups excluding carboxylic acids is 9. The van der Waals surface area contributed by atoms with Gasteiger partial charge in [-0.25, -0.2) is 19.2 Å². The summed E-state index contributed by atoms with van der Waals surface area (Å²) in [5.74, 6) is -1.08. The van der Waals surface area contributed by atoms with Crippen LogP contribution in [0.25, 0.3) is 87.2 Å². The van der Waals surface area contributed by atoms with Crippen molar-refractivity contribution in [3.05, 3.63) is 355 Å². The Bertz CT molecular complexity index is 7840. The second-order valence-corrected chi connectivity index (χ2v) is 36.8. The van der Waals surface area contributed by atoms with E-state index in [1.807, 2.05) is 238 Å². The number of carbonyl (C=O) groups is 9. The number of rotatable bonds is 27. The first kappa shape index (κ1) is 97.5. The molecule has 12 aromatic carbocycles. The fraction of sp³-hybridized carbons (Fsp3) is 0.246. The summed E-state index contributed by atoms with van der Waals surface area (Å²) in [4.78, 5) is 134. The van der Waals surface area contributed by atoms with E-state index in [1.165, 1.54) is 57.8 Å². The van der Waals surface area contributed by atoms with Crippen LogP contribution in [0.1, 0.15) is 250 Å². The maximum atomic E-state index is 14.0. The van der Waals surface area contributed by atoms with E-state index in [0.29, 0.717) is 74.2 Å². The van der Waals surface area contributed by atoms with Gasteiger partial charge in [0.15, 0.2) is 17.3 Å². The summed E-state index contributed by atoms with van der Waals surface area (Å²) >= 11 is 1.45. The van der Waals surface area contributed by atoms with Gasteiger partial charge in [-0.3, -0.25) is 24.0 Å². The number of Topliss-reactive ketones (excluding diaryl/α,β-unsaturated/α-hetero) is 1. The van der Waals surface area contributed by atoms with Gasteiger partial charge < -0.3 is 37.6 Å². The molecule has 708 valence electrons. The lowest BCUT2D eigenvalue weighted by Gasteiger charge is -2.11. The quantitative estimate of drug-likeness (QED) is 0.0201. The largest absolute Gasteiger partial charge is 0.365 e. The number of aromatic nitrogens is 4. The minimum atomic E-state index is -0.593. The van der Waals surface area contributed by atoms with Crippen molar-refractivity contribution in [2.75, 3.05) is 0 Å². The summed E-state index contributed by atoms with van der Waals surface area (Å²) in [6, 6.07) is 83.0. The summed E-state index contributed by atoms with van der Waals surface area (Å²) in [6.45, 7) is 25.1. The second-order valence-electron chi connectivity index (χ2n) is 35.9. The molecule has 2 aliphatic rings. The van der Waals surface area contributed by atoms with Crippen LogP contribution in [-0.2, 0) is 59.9 Å². The molecule has 5 aromatic heterocycles. The fourth-order valence-corrected chi connectivity index (χ4v) is 20.2. The number of fused-ring (bicyclic) bond motifs is 12. The average Bonchev–Trinajstić information content (AvgIpc) is 1.61. The SMILES string of the molecule is CCn1c2ccc(C(=O)/C(CC3CCCC3)=N\OC(=O)c3ccccc3)cc2c2cc(C(=O)c3ccccc3C)ccc21.CCn1c2ccc(C(=O)c3ccccc3C)cc2c2cc(/C(C)=N\OC(C)=O)ccc21.CCn1c2ccc(C(=O)c3ccccc3C)cc2c2cc(/C(CCC3CCCC3)=N\OC(C)=O)ccc21.CCn1c2ccc(C(=O)c3cccs3)cc2c2cc(/C(C)=N\OC(C)=O)ccc21. The zero-order valence-electron chi connectivity index (χ0n) is 81.0. The third kappa shape index (κ3) is 21.3. The molecule has 0 radical (unpaired) electrons. The lowest BCUT2D eigenvalue weighted by atomic mass is 9.94. The molecule has 140 heavy (non-hydrogen) atoms. The highest BCUT2D eigenvalue weighted by Crippen LogP contribution is 2.40. The highest BCUT2D eigenvalue weighted by molar-refractivity contribution is 7.12. The van der Waals surface area contributed by atoms with Crippen molar-refractivity contribution in [2.45, 2.75) is 180 Å². The van der Waals surface area contributed by atoms with E-state index in [1.54, 1.807) is 38.1 Å². The van der Waals surface area contributed by atoms with Crippen molar-refractivity contribution in [2.24, 2.45) is 32.5 Å². The molecular weight excluding hydrogens is 1770 g/mol. The number of aryl methyl sites for hydroxylation is 7. The number of ketones is 5. The molecule has 0 unspecified atom stereocenters. The zero-order chi connectivity index (χ0) is 98.5. The smallest absolute Gasteiger partial charge is 0.341 e. The Balaban J connectivity index is 0.000000136. The Morgan fingerprint density at radius 1 is 0.314 bits per heavy atom. The molecule has 0 bridgehead atoms. The molecule has 0 atom stereocenters. The summed E-state index contributed by atoms with van der Waals surface area (Å²) in [7, 11) is 0. The van der Waals surface area contributed by atoms with Crippen molar-refractivity contribution in [1.29, 1.82) is 0 Å². The summed E-state index contributed by atoms with van der Waals surface area (Å²) in [5, 5.41) is 26.2. The second kappa shape index (κ2) is 43.9. The van der Waals surface area contributed by atoms with E-state index in [0.717, 1.165) is 201 Å². The molecule has 2 fully saturated rings. The van der Waals surface area contributed by atoms with E-state index >= 15 is 0 Å². The van der Waals surface area contributed by atoms with Crippen LogP contribution >= 0.6 is 11.3 Å². The van der Waals surface area contributed by atoms with Crippen molar-refractivity contribution in [1.82, 2.24) is 18.3 Å². The normalized spacial score (nSPS) is 13.2. The van der Waals surface area contributed by atoms with Crippen LogP contribution in [-0.4, -0.2) is 93.9 Å². The van der Waals surface area contributed by atoms with Gasteiger partial charge in [-0.1, -0.05) is 187 Å². The first-order valence-electron chi connectivity index (χ1n) is 48.0. The van der Waals surface area contributed by atoms with Gasteiger partial charge in [0, 0.05) is 184 Å². The Morgan fingerprint density at radius 3 is 0.986 bits per heavy atom. The predicted molar refractivity (Wildman–Crippen MR) is 560 cm³/mol. The van der Waals surface area contributed by atoms with Gasteiger partial charge >= 0.3 is 23.9 Å². The van der Waals surface area contributed by atoms with Crippen LogP contribution in [0.5, 0.6) is 0 Å². The van der Waals surface area contributed by atoms with Gasteiger partial charge in [-0.05, 0) is 272 Å². The van der Waals surface area contributed by atoms with Crippen molar-refractivity contribution in [3.8, 4) is 0 Å². The first-order chi connectivity index (χ1) is 67.8. The zero-order valence-corrected chi connectivity index (χ0v) is 81.8. The van der Waals surface area contributed by atoms with Gasteiger partial charge in [0.25, 0.3) is 0 Å². The van der Waals surface area contributed by atoms with Crippen LogP contribution in [0, 0.1) is 32.6 Å². The Labute approximate surface area is 816 Å². The highest BCUT2D eigenvalue weighted by atomic mass is 32.1. The first-order valence-corrected chi connectivity index (χ1v) is 48.9. The number of hydrogen-bond donors (Lipinski definition) is 0. The monoisotopic (exact) mass is 1880 g/mol. The van der Waals surface area contributed by atoms with E-state index in [9.17, 15) is 43.2 Å². The van der Waals surface area contributed by atoms with E-state index in [2.05, 4.69) is 90.9 Å². The molecule has 2 saturated carbocycles. The Kier molecular flexibility index (Phi) is 30.5. The van der Waals surface area contributed by atoms with E-state index in [-0.39, 0.29) is 34.6 Å². The fourth-order valence-electron chi connectivity index (χ4n) is 19.5. The molecule has 22 heteroatoms. The lowest BCUT2D eigenvalue weighted by molar-refractivity contribution is -0.141. The van der Waals surface area contributed by atoms with Gasteiger partial charge in [0.2, 0.25) is 11.6 Å². The van der Waals surface area contributed by atoms with Crippen molar-refractivity contribution in [3.63, 3.8) is 0 Å². The molecule has 0 saturated heterocycles.